The average Bonchev–Trinajstić information content (AvgIpc) is 3.21. The summed E-state index contributed by atoms with van der Waals surface area (Å²) >= 11 is 13.1. The van der Waals surface area contributed by atoms with E-state index in [1.54, 1.807) is 28.1 Å². The first-order valence-corrected chi connectivity index (χ1v) is 9.25. The second kappa shape index (κ2) is 6.92. The lowest BCUT2D eigenvalue weighted by molar-refractivity contribution is 0.102. The molecule has 2 aromatic heterocycles. The van der Waals surface area contributed by atoms with E-state index in [4.69, 9.17) is 23.2 Å². The first-order valence-electron chi connectivity index (χ1n) is 7.61. The molecule has 0 atom stereocenters. The van der Waals surface area contributed by atoms with Gasteiger partial charge in [0.15, 0.2) is 4.96 Å². The molecule has 136 valence electrons. The number of hydrogen-bond donors (Lipinski definition) is 1. The second-order valence-corrected chi connectivity index (χ2v) is 7.26. The fourth-order valence-corrected chi connectivity index (χ4v) is 3.77. The number of rotatable bonds is 3. The summed E-state index contributed by atoms with van der Waals surface area (Å²) in [5, 5.41) is 4.37. The highest BCUT2D eigenvalue weighted by atomic mass is 35.5. The van der Waals surface area contributed by atoms with E-state index >= 15 is 0 Å². The molecule has 0 bridgehead atoms. The number of fused-ring (bicyclic) bond motifs is 1. The largest absolute Gasteiger partial charge is 0.306 e. The SMILES string of the molecule is O=C(Nc1c(-c2ccc(F)cc2)nc2sccn12)c1cc(F)c(Cl)cc1Cl. The Balaban J connectivity index is 1.78. The van der Waals surface area contributed by atoms with Gasteiger partial charge in [-0.25, -0.2) is 13.8 Å². The number of benzene rings is 2. The lowest BCUT2D eigenvalue weighted by atomic mass is 10.1. The van der Waals surface area contributed by atoms with Crippen LogP contribution in [-0.4, -0.2) is 15.3 Å². The van der Waals surface area contributed by atoms with Crippen LogP contribution < -0.4 is 5.32 Å². The standard InChI is InChI=1S/C18H9Cl2F2N3OS/c19-12-8-13(20)14(22)7-11(12)17(26)24-16-15(9-1-3-10(21)4-2-9)23-18-25(16)5-6-27-18/h1-8H,(H,24,26). The molecule has 4 aromatic rings. The predicted octanol–water partition coefficient (Wildman–Crippen LogP) is 5.90. The van der Waals surface area contributed by atoms with Gasteiger partial charge in [-0.1, -0.05) is 23.2 Å². The number of nitrogens with one attached hydrogen (secondary N) is 1. The van der Waals surface area contributed by atoms with Crippen LogP contribution in [0.3, 0.4) is 0 Å². The zero-order valence-electron chi connectivity index (χ0n) is 13.3. The van der Waals surface area contributed by atoms with E-state index in [0.717, 1.165) is 6.07 Å². The van der Waals surface area contributed by atoms with Crippen LogP contribution in [0.15, 0.2) is 48.0 Å². The van der Waals surface area contributed by atoms with E-state index in [1.165, 1.54) is 29.5 Å². The van der Waals surface area contributed by atoms with Gasteiger partial charge in [-0.05, 0) is 36.4 Å². The van der Waals surface area contributed by atoms with Crippen LogP contribution in [0.2, 0.25) is 10.0 Å². The van der Waals surface area contributed by atoms with Crippen LogP contribution in [-0.2, 0) is 0 Å². The Bertz CT molecular complexity index is 1170. The predicted molar refractivity (Wildman–Crippen MR) is 103 cm³/mol. The monoisotopic (exact) mass is 423 g/mol. The summed E-state index contributed by atoms with van der Waals surface area (Å²) in [7, 11) is 0. The van der Waals surface area contributed by atoms with Crippen LogP contribution >= 0.6 is 34.5 Å². The second-order valence-electron chi connectivity index (χ2n) is 5.57. The number of imidazole rings is 1. The zero-order chi connectivity index (χ0) is 19.1. The molecule has 1 amide bonds. The van der Waals surface area contributed by atoms with E-state index < -0.39 is 11.7 Å². The quantitative estimate of drug-likeness (QED) is 0.417. The molecule has 2 heterocycles. The highest BCUT2D eigenvalue weighted by Crippen LogP contribution is 2.32. The maximum atomic E-state index is 13.8. The van der Waals surface area contributed by atoms with Crippen molar-refractivity contribution < 1.29 is 13.6 Å². The minimum absolute atomic E-state index is 0.0216. The molecule has 0 spiro atoms. The Hall–Kier alpha value is -2.48. The van der Waals surface area contributed by atoms with Gasteiger partial charge in [0, 0.05) is 17.1 Å². The number of amides is 1. The van der Waals surface area contributed by atoms with Crippen LogP contribution in [0.1, 0.15) is 10.4 Å². The van der Waals surface area contributed by atoms with Gasteiger partial charge < -0.3 is 5.32 Å². The fraction of sp³-hybridized carbons (Fsp3) is 0. The van der Waals surface area contributed by atoms with Gasteiger partial charge >= 0.3 is 0 Å². The first kappa shape index (κ1) is 17.9. The molecule has 4 nitrogen and oxygen atoms in total. The van der Waals surface area contributed by atoms with Crippen molar-refractivity contribution in [1.82, 2.24) is 9.38 Å². The van der Waals surface area contributed by atoms with E-state index in [-0.39, 0.29) is 21.4 Å². The molecule has 0 fully saturated rings. The van der Waals surface area contributed by atoms with Crippen molar-refractivity contribution in [2.45, 2.75) is 0 Å². The maximum Gasteiger partial charge on any atom is 0.258 e. The maximum absolute atomic E-state index is 13.8. The zero-order valence-corrected chi connectivity index (χ0v) is 15.7. The van der Waals surface area contributed by atoms with Crippen molar-refractivity contribution in [3.05, 3.63) is 75.2 Å². The summed E-state index contributed by atoms with van der Waals surface area (Å²) in [6.07, 6.45) is 1.74. The molecule has 2 aromatic carbocycles. The van der Waals surface area contributed by atoms with Gasteiger partial charge in [0.2, 0.25) is 0 Å². The minimum atomic E-state index is -0.751. The third kappa shape index (κ3) is 3.29. The minimum Gasteiger partial charge on any atom is -0.306 e. The number of aromatic nitrogens is 2. The smallest absolute Gasteiger partial charge is 0.258 e. The summed E-state index contributed by atoms with van der Waals surface area (Å²) in [4.78, 5) is 17.8. The number of halogens is 4. The number of hydrogen-bond acceptors (Lipinski definition) is 3. The van der Waals surface area contributed by atoms with Crippen LogP contribution in [0.5, 0.6) is 0 Å². The molecule has 0 aliphatic rings. The Labute approximate surface area is 166 Å². The van der Waals surface area contributed by atoms with E-state index in [0.29, 0.717) is 22.0 Å². The van der Waals surface area contributed by atoms with Gasteiger partial charge in [0.1, 0.15) is 23.1 Å². The van der Waals surface area contributed by atoms with Crippen LogP contribution in [0.25, 0.3) is 16.2 Å². The highest BCUT2D eigenvalue weighted by molar-refractivity contribution is 7.15. The molecule has 0 aliphatic carbocycles. The van der Waals surface area contributed by atoms with Gasteiger partial charge in [0.05, 0.1) is 15.6 Å². The number of nitrogens with zero attached hydrogens (tertiary/aromatic N) is 2. The van der Waals surface area contributed by atoms with Crippen molar-refractivity contribution in [2.24, 2.45) is 0 Å². The molecule has 0 unspecified atom stereocenters. The van der Waals surface area contributed by atoms with Gasteiger partial charge in [0.25, 0.3) is 5.91 Å². The number of carbonyl (C=O) groups is 1. The summed E-state index contributed by atoms with van der Waals surface area (Å²) in [6.45, 7) is 0. The normalized spacial score (nSPS) is 11.1. The Morgan fingerprint density at radius 1 is 1.11 bits per heavy atom. The molecule has 0 saturated heterocycles. The van der Waals surface area contributed by atoms with Crippen molar-refractivity contribution >= 4 is 51.2 Å². The lowest BCUT2D eigenvalue weighted by Crippen LogP contribution is -2.15. The fourth-order valence-electron chi connectivity index (χ4n) is 2.59. The van der Waals surface area contributed by atoms with E-state index in [1.807, 2.05) is 0 Å². The van der Waals surface area contributed by atoms with Gasteiger partial charge in [-0.2, -0.15) is 0 Å². The lowest BCUT2D eigenvalue weighted by Gasteiger charge is -2.09. The summed E-state index contributed by atoms with van der Waals surface area (Å²) in [5.74, 6) is -1.38. The summed E-state index contributed by atoms with van der Waals surface area (Å²) in [5.41, 5.74) is 1.02. The number of carbonyl (C=O) groups excluding carboxylic acids is 1. The summed E-state index contributed by atoms with van der Waals surface area (Å²) in [6, 6.07) is 7.88. The molecular formula is C18H9Cl2F2N3OS. The molecule has 27 heavy (non-hydrogen) atoms. The molecule has 0 aliphatic heterocycles. The topological polar surface area (TPSA) is 46.4 Å². The molecular weight excluding hydrogens is 415 g/mol. The Morgan fingerprint density at radius 2 is 1.85 bits per heavy atom. The molecule has 9 heteroatoms. The van der Waals surface area contributed by atoms with Crippen LogP contribution in [0, 0.1) is 11.6 Å². The van der Waals surface area contributed by atoms with Gasteiger partial charge in [-0.3, -0.25) is 9.20 Å². The van der Waals surface area contributed by atoms with E-state index in [2.05, 4.69) is 10.3 Å². The summed E-state index contributed by atoms with van der Waals surface area (Å²) < 4.78 is 28.7. The van der Waals surface area contributed by atoms with Crippen molar-refractivity contribution in [2.75, 3.05) is 5.32 Å². The van der Waals surface area contributed by atoms with Gasteiger partial charge in [-0.15, -0.1) is 11.3 Å². The average molecular weight is 424 g/mol. The molecule has 0 saturated carbocycles. The molecule has 1 N–H and O–H groups in total. The third-order valence-electron chi connectivity index (χ3n) is 3.87. The van der Waals surface area contributed by atoms with Crippen molar-refractivity contribution in [3.63, 3.8) is 0 Å². The number of thiazole rings is 1. The third-order valence-corrected chi connectivity index (χ3v) is 5.23. The van der Waals surface area contributed by atoms with Crippen LogP contribution in [0.4, 0.5) is 14.6 Å². The molecule has 0 radical (unpaired) electrons. The molecule has 4 rings (SSSR count). The first-order chi connectivity index (χ1) is 12.9. The van der Waals surface area contributed by atoms with Crippen molar-refractivity contribution in [3.8, 4) is 11.3 Å². The number of anilines is 1. The Kier molecular flexibility index (Phi) is 4.59. The highest BCUT2D eigenvalue weighted by Gasteiger charge is 2.20. The van der Waals surface area contributed by atoms with Crippen molar-refractivity contribution in [1.29, 1.82) is 0 Å². The van der Waals surface area contributed by atoms with E-state index in [9.17, 15) is 13.6 Å². The Morgan fingerprint density at radius 3 is 2.59 bits per heavy atom.